The Morgan fingerprint density at radius 3 is 2.15 bits per heavy atom. The van der Waals surface area contributed by atoms with Gasteiger partial charge in [-0.1, -0.05) is 18.2 Å². The summed E-state index contributed by atoms with van der Waals surface area (Å²) < 4.78 is 79.3. The van der Waals surface area contributed by atoms with Gasteiger partial charge < -0.3 is 10.5 Å². The topological polar surface area (TPSA) is 35.2 Å². The second-order valence-corrected chi connectivity index (χ2v) is 4.21. The number of hydrogen-bond acceptors (Lipinski definition) is 2. The Morgan fingerprint density at radius 1 is 1.10 bits per heavy atom. The summed E-state index contributed by atoms with van der Waals surface area (Å²) in [7, 11) is 0. The maximum absolute atomic E-state index is 12.7. The third-order valence-corrected chi connectivity index (χ3v) is 2.65. The number of benzene rings is 1. The SMILES string of the molecule is CC(OCC(N)c1ccccc1C(F)(F)F)C(F)(F)F. The van der Waals surface area contributed by atoms with Crippen LogP contribution in [0.3, 0.4) is 0 Å². The lowest BCUT2D eigenvalue weighted by Gasteiger charge is -2.21. The summed E-state index contributed by atoms with van der Waals surface area (Å²) in [5.74, 6) is 0. The molecule has 0 amide bonds. The molecule has 0 aliphatic rings. The van der Waals surface area contributed by atoms with Crippen LogP contribution in [0, 0.1) is 0 Å². The van der Waals surface area contributed by atoms with Crippen molar-refractivity contribution in [1.29, 1.82) is 0 Å². The van der Waals surface area contributed by atoms with Crippen LogP contribution in [-0.2, 0) is 10.9 Å². The van der Waals surface area contributed by atoms with Crippen molar-refractivity contribution in [3.8, 4) is 0 Å². The van der Waals surface area contributed by atoms with E-state index in [1.54, 1.807) is 0 Å². The van der Waals surface area contributed by atoms with E-state index < -0.39 is 36.7 Å². The standard InChI is InChI=1S/C12H13F6NO/c1-7(11(13,14)15)20-6-10(19)8-4-2-3-5-9(8)12(16,17)18/h2-5,7,10H,6,19H2,1H3. The first kappa shape index (κ1) is 16.8. The monoisotopic (exact) mass is 301 g/mol. The van der Waals surface area contributed by atoms with Gasteiger partial charge in [0.25, 0.3) is 0 Å². The van der Waals surface area contributed by atoms with Gasteiger partial charge in [-0.25, -0.2) is 0 Å². The van der Waals surface area contributed by atoms with Gasteiger partial charge in [-0.05, 0) is 18.6 Å². The first-order valence-corrected chi connectivity index (χ1v) is 5.63. The number of halogens is 6. The molecule has 0 heterocycles. The zero-order chi connectivity index (χ0) is 15.6. The van der Waals surface area contributed by atoms with Gasteiger partial charge in [0.05, 0.1) is 18.2 Å². The van der Waals surface area contributed by atoms with Crippen LogP contribution in [0.2, 0.25) is 0 Å². The molecular formula is C12H13F6NO. The Bertz CT molecular complexity index is 442. The third-order valence-electron chi connectivity index (χ3n) is 2.65. The number of ether oxygens (including phenoxy) is 1. The highest BCUT2D eigenvalue weighted by Crippen LogP contribution is 2.34. The van der Waals surface area contributed by atoms with E-state index in [1.165, 1.54) is 12.1 Å². The van der Waals surface area contributed by atoms with Gasteiger partial charge in [0.1, 0.15) is 0 Å². The quantitative estimate of drug-likeness (QED) is 0.861. The van der Waals surface area contributed by atoms with Crippen molar-refractivity contribution >= 4 is 0 Å². The maximum atomic E-state index is 12.7. The van der Waals surface area contributed by atoms with Gasteiger partial charge in [0.2, 0.25) is 0 Å². The Hall–Kier alpha value is -1.28. The smallest absolute Gasteiger partial charge is 0.367 e. The summed E-state index contributed by atoms with van der Waals surface area (Å²) in [6, 6.07) is 3.16. The predicted molar refractivity (Wildman–Crippen MR) is 59.8 cm³/mol. The minimum absolute atomic E-state index is 0.297. The maximum Gasteiger partial charge on any atom is 0.416 e. The highest BCUT2D eigenvalue weighted by atomic mass is 19.4. The molecule has 0 saturated carbocycles. The van der Waals surface area contributed by atoms with Crippen LogP contribution in [0.5, 0.6) is 0 Å². The average molecular weight is 301 g/mol. The lowest BCUT2D eigenvalue weighted by Crippen LogP contribution is -2.32. The predicted octanol–water partition coefficient (Wildman–Crippen LogP) is 3.67. The fraction of sp³-hybridized carbons (Fsp3) is 0.500. The first-order valence-electron chi connectivity index (χ1n) is 5.63. The van der Waals surface area contributed by atoms with Crippen LogP contribution in [0.15, 0.2) is 24.3 Å². The molecule has 0 spiro atoms. The Morgan fingerprint density at radius 2 is 1.65 bits per heavy atom. The molecule has 8 heteroatoms. The highest BCUT2D eigenvalue weighted by molar-refractivity contribution is 5.32. The summed E-state index contributed by atoms with van der Waals surface area (Å²) in [6.45, 7) is 0.107. The van der Waals surface area contributed by atoms with E-state index in [0.29, 0.717) is 0 Å². The Labute approximate surface area is 111 Å². The molecule has 20 heavy (non-hydrogen) atoms. The van der Waals surface area contributed by atoms with Gasteiger partial charge >= 0.3 is 12.4 Å². The van der Waals surface area contributed by atoms with E-state index in [9.17, 15) is 26.3 Å². The van der Waals surface area contributed by atoms with Crippen molar-refractivity contribution in [1.82, 2.24) is 0 Å². The molecule has 0 radical (unpaired) electrons. The molecule has 2 unspecified atom stereocenters. The lowest BCUT2D eigenvalue weighted by molar-refractivity contribution is -0.215. The second kappa shape index (κ2) is 6.01. The minimum atomic E-state index is -4.62. The van der Waals surface area contributed by atoms with Crippen molar-refractivity contribution in [2.45, 2.75) is 31.4 Å². The summed E-state index contributed by atoms with van der Waals surface area (Å²) in [4.78, 5) is 0. The van der Waals surface area contributed by atoms with Crippen molar-refractivity contribution in [2.75, 3.05) is 6.61 Å². The third kappa shape index (κ3) is 4.38. The van der Waals surface area contributed by atoms with Gasteiger partial charge in [-0.3, -0.25) is 0 Å². The molecule has 0 fully saturated rings. The molecule has 0 aromatic heterocycles. The highest BCUT2D eigenvalue weighted by Gasteiger charge is 2.38. The van der Waals surface area contributed by atoms with Crippen LogP contribution in [0.25, 0.3) is 0 Å². The van der Waals surface area contributed by atoms with E-state index in [1.807, 2.05) is 0 Å². The second-order valence-electron chi connectivity index (χ2n) is 4.21. The molecule has 1 aromatic carbocycles. The Balaban J connectivity index is 2.81. The molecule has 114 valence electrons. The van der Waals surface area contributed by atoms with Gasteiger partial charge in [0, 0.05) is 0 Å². The summed E-state index contributed by atoms with van der Waals surface area (Å²) in [5.41, 5.74) is 4.22. The first-order chi connectivity index (χ1) is 9.03. The molecule has 2 N–H and O–H groups in total. The molecule has 0 saturated heterocycles. The van der Waals surface area contributed by atoms with Crippen molar-refractivity contribution in [3.63, 3.8) is 0 Å². The van der Waals surface area contributed by atoms with E-state index in [4.69, 9.17) is 5.73 Å². The lowest BCUT2D eigenvalue weighted by atomic mass is 10.0. The van der Waals surface area contributed by atoms with Crippen LogP contribution in [0.1, 0.15) is 24.1 Å². The fourth-order valence-electron chi connectivity index (χ4n) is 1.51. The molecule has 2 nitrogen and oxygen atoms in total. The fourth-order valence-corrected chi connectivity index (χ4v) is 1.51. The number of hydrogen-bond donors (Lipinski definition) is 1. The van der Waals surface area contributed by atoms with E-state index >= 15 is 0 Å². The van der Waals surface area contributed by atoms with Crippen molar-refractivity contribution in [2.24, 2.45) is 5.73 Å². The van der Waals surface area contributed by atoms with Crippen LogP contribution >= 0.6 is 0 Å². The zero-order valence-corrected chi connectivity index (χ0v) is 10.4. The van der Waals surface area contributed by atoms with Crippen LogP contribution in [0.4, 0.5) is 26.3 Å². The Kier molecular flexibility index (Phi) is 5.04. The molecule has 2 atom stereocenters. The van der Waals surface area contributed by atoms with Crippen LogP contribution < -0.4 is 5.73 Å². The number of alkyl halides is 6. The van der Waals surface area contributed by atoms with Gasteiger partial charge in [-0.2, -0.15) is 26.3 Å². The molecule has 0 aliphatic heterocycles. The molecule has 0 bridgehead atoms. The van der Waals surface area contributed by atoms with E-state index in [-0.39, 0.29) is 5.56 Å². The number of rotatable bonds is 4. The van der Waals surface area contributed by atoms with Crippen molar-refractivity contribution in [3.05, 3.63) is 35.4 Å². The molecule has 1 rings (SSSR count). The normalized spacial score (nSPS) is 16.0. The zero-order valence-electron chi connectivity index (χ0n) is 10.4. The average Bonchev–Trinajstić information content (AvgIpc) is 2.33. The minimum Gasteiger partial charge on any atom is -0.367 e. The molecular weight excluding hydrogens is 288 g/mol. The summed E-state index contributed by atoms with van der Waals surface area (Å²) in [5, 5.41) is 0. The largest absolute Gasteiger partial charge is 0.416 e. The van der Waals surface area contributed by atoms with E-state index in [2.05, 4.69) is 4.74 Å². The summed E-state index contributed by atoms with van der Waals surface area (Å²) >= 11 is 0. The summed E-state index contributed by atoms with van der Waals surface area (Å²) in [6.07, 6.45) is -11.3. The van der Waals surface area contributed by atoms with Crippen molar-refractivity contribution < 1.29 is 31.1 Å². The van der Waals surface area contributed by atoms with Crippen LogP contribution in [-0.4, -0.2) is 18.9 Å². The van der Waals surface area contributed by atoms with Gasteiger partial charge in [-0.15, -0.1) is 0 Å². The van der Waals surface area contributed by atoms with E-state index in [0.717, 1.165) is 19.1 Å². The molecule has 0 aliphatic carbocycles. The van der Waals surface area contributed by atoms with Gasteiger partial charge in [0.15, 0.2) is 6.10 Å². The molecule has 1 aromatic rings. The number of nitrogens with two attached hydrogens (primary N) is 1.